The summed E-state index contributed by atoms with van der Waals surface area (Å²) in [6, 6.07) is -1.63. The van der Waals surface area contributed by atoms with Crippen LogP contribution < -0.4 is 16.4 Å². The van der Waals surface area contributed by atoms with Crippen molar-refractivity contribution in [2.75, 3.05) is 6.54 Å². The maximum atomic E-state index is 11.5. The highest BCUT2D eigenvalue weighted by molar-refractivity contribution is 5.79. The van der Waals surface area contributed by atoms with Crippen LogP contribution in [0.25, 0.3) is 0 Å². The van der Waals surface area contributed by atoms with E-state index in [9.17, 15) is 14.4 Å². The first kappa shape index (κ1) is 18.0. The van der Waals surface area contributed by atoms with Gasteiger partial charge in [-0.15, -0.1) is 0 Å². The molecule has 0 saturated heterocycles. The molecule has 0 heterocycles. The van der Waals surface area contributed by atoms with Crippen molar-refractivity contribution < 1.29 is 24.2 Å². The molecule has 0 aliphatic heterocycles. The number of ether oxygens (including phenoxy) is 1. The van der Waals surface area contributed by atoms with Crippen LogP contribution in [0.4, 0.5) is 9.59 Å². The predicted molar refractivity (Wildman–Crippen MR) is 72.2 cm³/mol. The number of nitrogens with two attached hydrogens (primary N) is 1. The van der Waals surface area contributed by atoms with Crippen LogP contribution in [0.5, 0.6) is 0 Å². The summed E-state index contributed by atoms with van der Waals surface area (Å²) in [6.07, 6.45) is 0.574. The minimum absolute atomic E-state index is 0.245. The minimum Gasteiger partial charge on any atom is -0.480 e. The normalized spacial score (nSPS) is 12.3. The van der Waals surface area contributed by atoms with Crippen LogP contribution in [0, 0.1) is 0 Å². The average molecular weight is 289 g/mol. The van der Waals surface area contributed by atoms with E-state index in [-0.39, 0.29) is 6.42 Å². The van der Waals surface area contributed by atoms with Gasteiger partial charge < -0.3 is 26.2 Å². The van der Waals surface area contributed by atoms with Gasteiger partial charge in [0, 0.05) is 6.54 Å². The van der Waals surface area contributed by atoms with Crippen molar-refractivity contribution in [3.63, 3.8) is 0 Å². The summed E-state index contributed by atoms with van der Waals surface area (Å²) in [6.45, 7) is 5.45. The molecule has 0 bridgehead atoms. The van der Waals surface area contributed by atoms with Crippen LogP contribution >= 0.6 is 0 Å². The zero-order chi connectivity index (χ0) is 15.8. The highest BCUT2D eigenvalue weighted by atomic mass is 16.6. The van der Waals surface area contributed by atoms with Crippen LogP contribution in [-0.4, -0.2) is 41.4 Å². The number of rotatable bonds is 7. The van der Waals surface area contributed by atoms with Crippen LogP contribution in [0.15, 0.2) is 0 Å². The molecule has 3 amide bonds. The molecule has 0 aliphatic carbocycles. The Morgan fingerprint density at radius 2 is 1.85 bits per heavy atom. The topological polar surface area (TPSA) is 131 Å². The molecule has 20 heavy (non-hydrogen) atoms. The first-order chi connectivity index (χ1) is 9.11. The molecular weight excluding hydrogens is 266 g/mol. The second-order valence-corrected chi connectivity index (χ2v) is 5.32. The van der Waals surface area contributed by atoms with Crippen LogP contribution in [0.3, 0.4) is 0 Å². The van der Waals surface area contributed by atoms with Gasteiger partial charge in [-0.05, 0) is 40.0 Å². The number of hydrogen-bond acceptors (Lipinski definition) is 4. The highest BCUT2D eigenvalue weighted by Crippen LogP contribution is 2.08. The Balaban J connectivity index is 4.08. The Kier molecular flexibility index (Phi) is 7.42. The monoisotopic (exact) mass is 289 g/mol. The first-order valence-corrected chi connectivity index (χ1v) is 6.37. The van der Waals surface area contributed by atoms with E-state index in [0.717, 1.165) is 0 Å². The Morgan fingerprint density at radius 1 is 1.25 bits per heavy atom. The second-order valence-electron chi connectivity index (χ2n) is 5.32. The second kappa shape index (κ2) is 8.23. The number of carboxylic acids is 1. The molecule has 0 aromatic heterocycles. The van der Waals surface area contributed by atoms with Gasteiger partial charge in [0.25, 0.3) is 0 Å². The van der Waals surface area contributed by atoms with Gasteiger partial charge in [-0.2, -0.15) is 0 Å². The van der Waals surface area contributed by atoms with Gasteiger partial charge in [-0.25, -0.2) is 14.4 Å². The Labute approximate surface area is 118 Å². The number of unbranched alkanes of at least 4 members (excludes halogenated alkanes) is 1. The molecule has 1 atom stereocenters. The van der Waals surface area contributed by atoms with E-state index < -0.39 is 29.7 Å². The summed E-state index contributed by atoms with van der Waals surface area (Å²) in [5.74, 6) is -1.13. The van der Waals surface area contributed by atoms with Crippen LogP contribution in [0.1, 0.15) is 40.0 Å². The van der Waals surface area contributed by atoms with Crippen LogP contribution in [-0.2, 0) is 9.53 Å². The molecule has 8 nitrogen and oxygen atoms in total. The molecule has 5 N–H and O–H groups in total. The van der Waals surface area contributed by atoms with Gasteiger partial charge >= 0.3 is 18.1 Å². The number of urea groups is 1. The molecule has 0 saturated carbocycles. The van der Waals surface area contributed by atoms with Crippen LogP contribution in [0.2, 0.25) is 0 Å². The average Bonchev–Trinajstić information content (AvgIpc) is 2.23. The molecule has 0 aromatic rings. The fraction of sp³-hybridized carbons (Fsp3) is 0.750. The maximum absolute atomic E-state index is 11.5. The molecule has 0 rings (SSSR count). The summed E-state index contributed by atoms with van der Waals surface area (Å²) in [5, 5.41) is 13.7. The first-order valence-electron chi connectivity index (χ1n) is 6.37. The molecule has 0 aliphatic rings. The fourth-order valence-corrected chi connectivity index (χ4v) is 1.39. The maximum Gasteiger partial charge on any atom is 0.408 e. The summed E-state index contributed by atoms with van der Waals surface area (Å²) >= 11 is 0. The van der Waals surface area contributed by atoms with E-state index >= 15 is 0 Å². The van der Waals surface area contributed by atoms with Gasteiger partial charge in [0.05, 0.1) is 0 Å². The van der Waals surface area contributed by atoms with Gasteiger partial charge in [0.15, 0.2) is 0 Å². The summed E-state index contributed by atoms with van der Waals surface area (Å²) in [5.41, 5.74) is 4.21. The Bertz CT molecular complexity index is 351. The standard InChI is InChI=1S/C12H23N3O5/c1-12(2,3)20-11(19)15-8(9(16)17)6-4-5-7-14-10(13)18/h8H,4-7H2,1-3H3,(H,15,19)(H,16,17)(H3,13,14,18). The van der Waals surface area contributed by atoms with Crippen molar-refractivity contribution in [1.82, 2.24) is 10.6 Å². The van der Waals surface area contributed by atoms with Crippen molar-refractivity contribution in [2.45, 2.75) is 51.7 Å². The van der Waals surface area contributed by atoms with E-state index in [1.54, 1.807) is 20.8 Å². The summed E-state index contributed by atoms with van der Waals surface area (Å²) < 4.78 is 4.99. The molecule has 0 fully saturated rings. The predicted octanol–water partition coefficient (Wildman–Crippen LogP) is 0.803. The summed E-state index contributed by atoms with van der Waals surface area (Å²) in [7, 11) is 0. The van der Waals surface area contributed by atoms with E-state index in [0.29, 0.717) is 19.4 Å². The lowest BCUT2D eigenvalue weighted by Crippen LogP contribution is -2.43. The quantitative estimate of drug-likeness (QED) is 0.515. The van der Waals surface area contributed by atoms with E-state index in [1.165, 1.54) is 0 Å². The number of amides is 3. The van der Waals surface area contributed by atoms with E-state index in [2.05, 4.69) is 10.6 Å². The van der Waals surface area contributed by atoms with Crippen molar-refractivity contribution >= 4 is 18.1 Å². The van der Waals surface area contributed by atoms with E-state index in [1.807, 2.05) is 0 Å². The molecule has 0 aromatic carbocycles. The lowest BCUT2D eigenvalue weighted by molar-refractivity contribution is -0.139. The molecule has 8 heteroatoms. The zero-order valence-corrected chi connectivity index (χ0v) is 12.1. The zero-order valence-electron chi connectivity index (χ0n) is 12.1. The van der Waals surface area contributed by atoms with Crippen molar-refractivity contribution in [3.05, 3.63) is 0 Å². The number of carbonyl (C=O) groups is 3. The Morgan fingerprint density at radius 3 is 2.30 bits per heavy atom. The van der Waals surface area contributed by atoms with Gasteiger partial charge in [0.2, 0.25) is 0 Å². The molecule has 0 spiro atoms. The van der Waals surface area contributed by atoms with Gasteiger partial charge in [-0.1, -0.05) is 0 Å². The van der Waals surface area contributed by atoms with Crippen molar-refractivity contribution in [1.29, 1.82) is 0 Å². The Hall–Kier alpha value is -1.99. The molecule has 0 radical (unpaired) electrons. The third kappa shape index (κ3) is 9.98. The lowest BCUT2D eigenvalue weighted by atomic mass is 10.1. The third-order valence-corrected chi connectivity index (χ3v) is 2.21. The smallest absolute Gasteiger partial charge is 0.408 e. The van der Waals surface area contributed by atoms with Crippen molar-refractivity contribution in [2.24, 2.45) is 5.73 Å². The number of primary amides is 1. The number of nitrogens with one attached hydrogen (secondary N) is 2. The van der Waals surface area contributed by atoms with E-state index in [4.69, 9.17) is 15.6 Å². The third-order valence-electron chi connectivity index (χ3n) is 2.21. The fourth-order valence-electron chi connectivity index (χ4n) is 1.39. The lowest BCUT2D eigenvalue weighted by Gasteiger charge is -2.22. The number of alkyl carbamates (subject to hydrolysis) is 1. The summed E-state index contributed by atoms with van der Waals surface area (Å²) in [4.78, 5) is 32.9. The molecular formula is C12H23N3O5. The molecule has 116 valence electrons. The number of hydrogen-bond donors (Lipinski definition) is 4. The van der Waals surface area contributed by atoms with Gasteiger partial charge in [-0.3, -0.25) is 0 Å². The number of carboxylic acid groups (broad SMARTS) is 1. The number of aliphatic carboxylic acids is 1. The van der Waals surface area contributed by atoms with Crippen molar-refractivity contribution in [3.8, 4) is 0 Å². The minimum atomic E-state index is -1.13. The molecule has 1 unspecified atom stereocenters. The SMILES string of the molecule is CC(C)(C)OC(=O)NC(CCCCNC(N)=O)C(=O)O. The highest BCUT2D eigenvalue weighted by Gasteiger charge is 2.23. The number of carbonyl (C=O) groups excluding carboxylic acids is 2. The van der Waals surface area contributed by atoms with Gasteiger partial charge in [0.1, 0.15) is 11.6 Å². The largest absolute Gasteiger partial charge is 0.480 e.